The van der Waals surface area contributed by atoms with Crippen LogP contribution in [0.25, 0.3) is 10.9 Å². The van der Waals surface area contributed by atoms with Crippen molar-refractivity contribution in [2.24, 2.45) is 11.8 Å². The Labute approximate surface area is 214 Å². The Morgan fingerprint density at radius 1 is 1.34 bits per heavy atom. The number of alkyl halides is 1. The second-order valence-corrected chi connectivity index (χ2v) is 11.6. The van der Waals surface area contributed by atoms with Crippen LogP contribution in [-0.4, -0.2) is 53.5 Å². The van der Waals surface area contributed by atoms with E-state index in [1.165, 1.54) is 9.77 Å². The van der Waals surface area contributed by atoms with Crippen molar-refractivity contribution in [3.8, 4) is 5.75 Å². The molecular formula is C27H33FN2O3S2. The zero-order valence-electron chi connectivity index (χ0n) is 20.3. The first-order chi connectivity index (χ1) is 16.9. The van der Waals surface area contributed by atoms with Crippen molar-refractivity contribution in [1.82, 2.24) is 9.88 Å². The van der Waals surface area contributed by atoms with Gasteiger partial charge in [-0.3, -0.25) is 9.78 Å². The van der Waals surface area contributed by atoms with Gasteiger partial charge >= 0.3 is 5.97 Å². The molecule has 3 aromatic rings. The summed E-state index contributed by atoms with van der Waals surface area (Å²) in [6.07, 6.45) is 2.65. The Kier molecular flexibility index (Phi) is 9.03. The molecule has 3 heterocycles. The Hall–Kier alpha value is -2.16. The molecule has 1 aromatic carbocycles. The summed E-state index contributed by atoms with van der Waals surface area (Å²) in [4.78, 5) is 18.3. The molecule has 35 heavy (non-hydrogen) atoms. The third-order valence-corrected chi connectivity index (χ3v) is 9.40. The number of aliphatic carboxylic acids is 1. The SMILES string of the molecule is COc1ccc2nccc([C@@H](F)CC[C@@H]3CCN(CCSc4sccc4C)C[C@@H]3CC(=O)O)c2c1. The maximum Gasteiger partial charge on any atom is 0.303 e. The molecule has 8 heteroatoms. The van der Waals surface area contributed by atoms with Gasteiger partial charge in [0.05, 0.1) is 16.8 Å². The zero-order valence-corrected chi connectivity index (χ0v) is 21.9. The van der Waals surface area contributed by atoms with E-state index in [0.717, 1.165) is 42.7 Å². The molecule has 2 aromatic heterocycles. The van der Waals surface area contributed by atoms with Gasteiger partial charge in [0.2, 0.25) is 0 Å². The van der Waals surface area contributed by atoms with E-state index in [-0.39, 0.29) is 18.3 Å². The predicted molar refractivity (Wildman–Crippen MR) is 141 cm³/mol. The van der Waals surface area contributed by atoms with Gasteiger partial charge in [0.25, 0.3) is 0 Å². The van der Waals surface area contributed by atoms with Gasteiger partial charge in [-0.2, -0.15) is 0 Å². The Balaban J connectivity index is 1.35. The summed E-state index contributed by atoms with van der Waals surface area (Å²) in [6, 6.07) is 9.41. The van der Waals surface area contributed by atoms with Crippen LogP contribution in [0.3, 0.4) is 0 Å². The second-order valence-electron chi connectivity index (χ2n) is 9.27. The molecule has 0 bridgehead atoms. The molecule has 1 fully saturated rings. The number of aryl methyl sites for hydroxylation is 1. The van der Waals surface area contributed by atoms with Crippen molar-refractivity contribution >= 4 is 40.0 Å². The lowest BCUT2D eigenvalue weighted by Crippen LogP contribution is -2.42. The number of carbonyl (C=O) groups is 1. The van der Waals surface area contributed by atoms with Crippen LogP contribution >= 0.6 is 23.1 Å². The molecule has 0 amide bonds. The number of hydrogen-bond donors (Lipinski definition) is 1. The molecule has 0 radical (unpaired) electrons. The highest BCUT2D eigenvalue weighted by atomic mass is 32.2. The average molecular weight is 517 g/mol. The molecule has 4 rings (SSSR count). The van der Waals surface area contributed by atoms with E-state index in [1.807, 2.05) is 30.0 Å². The molecule has 3 atom stereocenters. The van der Waals surface area contributed by atoms with Crippen LogP contribution in [0.4, 0.5) is 4.39 Å². The average Bonchev–Trinajstić information content (AvgIpc) is 3.26. The fourth-order valence-electron chi connectivity index (χ4n) is 5.03. The maximum atomic E-state index is 15.5. The second kappa shape index (κ2) is 12.2. The number of nitrogens with zero attached hydrogens (tertiary/aromatic N) is 2. The Morgan fingerprint density at radius 2 is 2.20 bits per heavy atom. The number of fused-ring (bicyclic) bond motifs is 1. The summed E-state index contributed by atoms with van der Waals surface area (Å²) < 4.78 is 22.1. The first kappa shape index (κ1) is 25.9. The van der Waals surface area contributed by atoms with Gasteiger partial charge in [0.15, 0.2) is 0 Å². The van der Waals surface area contributed by atoms with E-state index in [1.54, 1.807) is 30.7 Å². The van der Waals surface area contributed by atoms with Crippen molar-refractivity contribution in [1.29, 1.82) is 0 Å². The highest BCUT2D eigenvalue weighted by molar-refractivity contribution is 8.01. The quantitative estimate of drug-likeness (QED) is 0.289. The van der Waals surface area contributed by atoms with Gasteiger partial charge in [0.1, 0.15) is 11.9 Å². The van der Waals surface area contributed by atoms with Crippen molar-refractivity contribution in [2.75, 3.05) is 32.5 Å². The molecule has 0 unspecified atom stereocenters. The van der Waals surface area contributed by atoms with Crippen molar-refractivity contribution in [2.45, 2.75) is 43.0 Å². The lowest BCUT2D eigenvalue weighted by atomic mass is 9.79. The first-order valence-electron chi connectivity index (χ1n) is 12.1. The number of methoxy groups -OCH3 is 1. The number of thioether (sulfide) groups is 1. The minimum atomic E-state index is -1.12. The largest absolute Gasteiger partial charge is 0.497 e. The Morgan fingerprint density at radius 3 is 2.94 bits per heavy atom. The molecule has 0 saturated carbocycles. The molecule has 1 aliphatic heterocycles. The number of benzene rings is 1. The summed E-state index contributed by atoms with van der Waals surface area (Å²) in [5.74, 6) is 1.18. The minimum absolute atomic E-state index is 0.0520. The zero-order chi connectivity index (χ0) is 24.8. The van der Waals surface area contributed by atoms with Crippen molar-refractivity contribution in [3.63, 3.8) is 0 Å². The third kappa shape index (κ3) is 6.74. The number of pyridine rings is 1. The van der Waals surface area contributed by atoms with E-state index in [0.29, 0.717) is 24.2 Å². The number of thiophene rings is 1. The monoisotopic (exact) mass is 516 g/mol. The summed E-state index contributed by atoms with van der Waals surface area (Å²) in [6.45, 7) is 4.79. The maximum absolute atomic E-state index is 15.5. The standard InChI is InChI=1S/C27H33FN2O3S2/c1-18-9-13-34-27(18)35-14-12-30-11-8-19(20(17-30)15-26(31)32)3-5-24(28)22-7-10-29-25-6-4-21(33-2)16-23(22)25/h4,6-7,9-10,13,16,19-20,24H,3,5,8,11-12,14-15,17H2,1-2H3,(H,31,32)/t19-,20+,24+/m1/s1. The number of carboxylic acids is 1. The first-order valence-corrected chi connectivity index (χ1v) is 14.0. The molecule has 5 nitrogen and oxygen atoms in total. The van der Waals surface area contributed by atoms with Crippen LogP contribution in [0.5, 0.6) is 5.75 Å². The van der Waals surface area contributed by atoms with Crippen LogP contribution in [0.1, 0.15) is 43.0 Å². The summed E-state index contributed by atoms with van der Waals surface area (Å²) >= 11 is 3.65. The molecular weight excluding hydrogens is 483 g/mol. The summed E-state index contributed by atoms with van der Waals surface area (Å²) in [5.41, 5.74) is 2.70. The predicted octanol–water partition coefficient (Wildman–Crippen LogP) is 6.61. The molecule has 0 spiro atoms. The van der Waals surface area contributed by atoms with Crippen molar-refractivity contribution < 1.29 is 19.0 Å². The van der Waals surface area contributed by atoms with E-state index in [9.17, 15) is 9.90 Å². The fourth-order valence-corrected chi connectivity index (χ4v) is 7.20. The van der Waals surface area contributed by atoms with Crippen LogP contribution in [-0.2, 0) is 4.79 Å². The van der Waals surface area contributed by atoms with E-state index in [4.69, 9.17) is 4.74 Å². The van der Waals surface area contributed by atoms with Gasteiger partial charge in [-0.05, 0) is 91.4 Å². The highest BCUT2D eigenvalue weighted by Crippen LogP contribution is 2.36. The number of ether oxygens (including phenoxy) is 1. The molecule has 1 aliphatic rings. The number of aromatic nitrogens is 1. The molecule has 1 N–H and O–H groups in total. The van der Waals surface area contributed by atoms with Gasteiger partial charge in [-0.15, -0.1) is 23.1 Å². The number of likely N-dealkylation sites (tertiary alicyclic amines) is 1. The van der Waals surface area contributed by atoms with Crippen molar-refractivity contribution in [3.05, 3.63) is 53.0 Å². The van der Waals surface area contributed by atoms with E-state index in [2.05, 4.69) is 28.3 Å². The van der Waals surface area contributed by atoms with Crippen LogP contribution in [0, 0.1) is 18.8 Å². The summed E-state index contributed by atoms with van der Waals surface area (Å²) in [5, 5.41) is 12.4. The van der Waals surface area contributed by atoms with Gasteiger partial charge < -0.3 is 14.7 Å². The number of piperidine rings is 1. The number of halogens is 1. The van der Waals surface area contributed by atoms with Crippen LogP contribution in [0.15, 0.2) is 46.1 Å². The fraction of sp³-hybridized carbons (Fsp3) is 0.481. The minimum Gasteiger partial charge on any atom is -0.497 e. The topological polar surface area (TPSA) is 62.7 Å². The molecule has 0 aliphatic carbocycles. The molecule has 188 valence electrons. The molecule has 1 saturated heterocycles. The Bertz CT molecular complexity index is 1140. The van der Waals surface area contributed by atoms with Crippen LogP contribution in [0.2, 0.25) is 0 Å². The smallest absolute Gasteiger partial charge is 0.303 e. The van der Waals surface area contributed by atoms with Gasteiger partial charge in [-0.25, -0.2) is 4.39 Å². The highest BCUT2D eigenvalue weighted by Gasteiger charge is 2.31. The number of hydrogen-bond acceptors (Lipinski definition) is 6. The normalized spacial score (nSPS) is 19.6. The number of carboxylic acid groups (broad SMARTS) is 1. The number of rotatable bonds is 11. The van der Waals surface area contributed by atoms with E-state index < -0.39 is 12.1 Å². The lowest BCUT2D eigenvalue weighted by molar-refractivity contribution is -0.139. The van der Waals surface area contributed by atoms with Gasteiger partial charge in [-0.1, -0.05) is 0 Å². The third-order valence-electron chi connectivity index (χ3n) is 6.98. The summed E-state index contributed by atoms with van der Waals surface area (Å²) in [7, 11) is 1.60. The van der Waals surface area contributed by atoms with E-state index >= 15 is 4.39 Å². The lowest BCUT2D eigenvalue weighted by Gasteiger charge is -2.38. The van der Waals surface area contributed by atoms with Gasteiger partial charge in [0, 0.05) is 36.8 Å². The van der Waals surface area contributed by atoms with Crippen LogP contribution < -0.4 is 4.74 Å².